The number of aliphatic imine (C=N–C) groups is 2. The van der Waals surface area contributed by atoms with E-state index < -0.39 is 0 Å². The first kappa shape index (κ1) is 33.0. The van der Waals surface area contributed by atoms with Crippen molar-refractivity contribution in [2.75, 3.05) is 0 Å². The summed E-state index contributed by atoms with van der Waals surface area (Å²) in [6, 6.07) is 62.8. The molecule has 0 spiro atoms. The number of nitrogens with zero attached hydrogens (tertiary/aromatic N) is 3. The van der Waals surface area contributed by atoms with E-state index in [9.17, 15) is 0 Å². The molecule has 0 unspecified atom stereocenters. The molecule has 3 aromatic heterocycles. The maximum absolute atomic E-state index is 8.78. The summed E-state index contributed by atoms with van der Waals surface area (Å²) in [5.74, 6) is 0.665. The maximum Gasteiger partial charge on any atom is 0.161 e. The van der Waals surface area contributed by atoms with Gasteiger partial charge in [0, 0.05) is 59.4 Å². The molecule has 0 fully saturated rings. The first-order valence-corrected chi connectivity index (χ1v) is 19.7. The van der Waals surface area contributed by atoms with Gasteiger partial charge in [-0.05, 0) is 65.2 Å². The second-order valence-corrected chi connectivity index (χ2v) is 15.3. The Morgan fingerprint density at radius 1 is 0.544 bits per heavy atom. The van der Waals surface area contributed by atoms with Crippen LogP contribution in [0.25, 0.3) is 80.7 Å². The van der Waals surface area contributed by atoms with E-state index in [0.29, 0.717) is 5.84 Å². The van der Waals surface area contributed by atoms with Crippen LogP contribution in [0.4, 0.5) is 0 Å². The van der Waals surface area contributed by atoms with Gasteiger partial charge in [0.05, 0.1) is 16.4 Å². The van der Waals surface area contributed by atoms with E-state index in [-0.39, 0.29) is 5.84 Å². The van der Waals surface area contributed by atoms with E-state index >= 15 is 0 Å². The number of amidine groups is 2. The van der Waals surface area contributed by atoms with E-state index in [1.54, 1.807) is 11.3 Å². The second kappa shape index (κ2) is 13.4. The molecule has 0 aliphatic carbocycles. The monoisotopic (exact) mass is 748 g/mol. The quantitative estimate of drug-likeness (QED) is 0.138. The summed E-state index contributed by atoms with van der Waals surface area (Å²) in [6.07, 6.45) is 1.81. The molecule has 6 heteroatoms. The van der Waals surface area contributed by atoms with Crippen molar-refractivity contribution < 1.29 is 4.42 Å². The predicted molar refractivity (Wildman–Crippen MR) is 240 cm³/mol. The molecule has 8 aromatic carbocycles. The minimum atomic E-state index is 0.169. The minimum absolute atomic E-state index is 0.169. The summed E-state index contributed by atoms with van der Waals surface area (Å²) < 4.78 is 11.2. The molecule has 11 rings (SSSR count). The average molecular weight is 749 g/mol. The summed E-state index contributed by atoms with van der Waals surface area (Å²) in [6.45, 7) is 0. The van der Waals surface area contributed by atoms with E-state index in [1.807, 2.05) is 79.0 Å². The molecule has 0 saturated carbocycles. The number of rotatable bonds is 5. The van der Waals surface area contributed by atoms with E-state index in [1.165, 1.54) is 20.9 Å². The molecule has 0 bridgehead atoms. The number of aromatic nitrogens is 1. The van der Waals surface area contributed by atoms with Crippen LogP contribution in [0.1, 0.15) is 16.7 Å². The predicted octanol–water partition coefficient (Wildman–Crippen LogP) is 13.6. The summed E-state index contributed by atoms with van der Waals surface area (Å²) in [5.41, 5.74) is 10.1. The molecule has 0 atom stereocenters. The average Bonchev–Trinajstić information content (AvgIpc) is 3.94. The lowest BCUT2D eigenvalue weighted by Gasteiger charge is -2.10. The highest BCUT2D eigenvalue weighted by Gasteiger charge is 2.19. The Bertz CT molecular complexity index is 3420. The maximum atomic E-state index is 8.78. The van der Waals surface area contributed by atoms with Gasteiger partial charge in [0.2, 0.25) is 0 Å². The van der Waals surface area contributed by atoms with E-state index in [0.717, 1.165) is 76.6 Å². The SMILES string of the molecule is N=C(N=C(N=Cc1ccccc1)c1ccc2c(c1)sc1cc(-c3cccc(-n4c5ccccc5c5c6oc7ccccc7c6ccc54)c3)ccc12)c1ccccc1. The van der Waals surface area contributed by atoms with Crippen LogP contribution >= 0.6 is 11.3 Å². The largest absolute Gasteiger partial charge is 0.455 e. The van der Waals surface area contributed by atoms with Gasteiger partial charge in [-0.1, -0.05) is 133 Å². The smallest absolute Gasteiger partial charge is 0.161 e. The van der Waals surface area contributed by atoms with Crippen molar-refractivity contribution in [1.82, 2.24) is 4.57 Å². The van der Waals surface area contributed by atoms with Crippen LogP contribution in [0, 0.1) is 5.41 Å². The van der Waals surface area contributed by atoms with Gasteiger partial charge in [-0.2, -0.15) is 0 Å². The number of hydrogen-bond acceptors (Lipinski definition) is 3. The first-order valence-electron chi connectivity index (χ1n) is 18.9. The summed E-state index contributed by atoms with van der Waals surface area (Å²) in [4.78, 5) is 9.56. The zero-order valence-electron chi connectivity index (χ0n) is 30.6. The number of para-hydroxylation sites is 2. The fraction of sp³-hybridized carbons (Fsp3) is 0. The third-order valence-electron chi connectivity index (χ3n) is 10.7. The van der Waals surface area contributed by atoms with Crippen LogP contribution in [-0.4, -0.2) is 22.5 Å². The number of thiophene rings is 1. The van der Waals surface area contributed by atoms with Crippen molar-refractivity contribution in [1.29, 1.82) is 5.41 Å². The molecule has 0 saturated heterocycles. The summed E-state index contributed by atoms with van der Waals surface area (Å²) in [5, 5.41) is 15.7. The van der Waals surface area contributed by atoms with Gasteiger partial charge in [-0.25, -0.2) is 9.98 Å². The normalized spacial score (nSPS) is 12.3. The van der Waals surface area contributed by atoms with Gasteiger partial charge in [0.25, 0.3) is 0 Å². The third-order valence-corrected chi connectivity index (χ3v) is 11.9. The molecule has 11 aromatic rings. The number of benzene rings is 8. The molecule has 0 aliphatic rings. The topological polar surface area (TPSA) is 66.6 Å². The minimum Gasteiger partial charge on any atom is -0.455 e. The van der Waals surface area contributed by atoms with Crippen molar-refractivity contribution in [3.8, 4) is 16.8 Å². The molecule has 0 radical (unpaired) electrons. The van der Waals surface area contributed by atoms with E-state index in [4.69, 9.17) is 19.8 Å². The molecule has 5 nitrogen and oxygen atoms in total. The zero-order chi connectivity index (χ0) is 37.9. The highest BCUT2D eigenvalue weighted by molar-refractivity contribution is 7.25. The Morgan fingerprint density at radius 3 is 2.11 bits per heavy atom. The lowest BCUT2D eigenvalue weighted by Crippen LogP contribution is -2.04. The molecule has 3 heterocycles. The van der Waals surface area contributed by atoms with Crippen LogP contribution in [-0.2, 0) is 0 Å². The van der Waals surface area contributed by atoms with Gasteiger partial charge >= 0.3 is 0 Å². The standard InChI is InChI=1S/C51H32N4OS/c52-50(33-14-5-2-6-15-33)54-51(53-31-32-12-3-1-4-13-32)36-23-25-40-39-24-22-35(29-46(39)57-47(40)30-36)34-16-11-17-37(28-34)55-43-20-9-7-19-42(43)48-44(55)27-26-41-38-18-8-10-21-45(38)56-49(41)48/h1-31,52H. The fourth-order valence-electron chi connectivity index (χ4n) is 8.04. The highest BCUT2D eigenvalue weighted by Crippen LogP contribution is 2.42. The molecule has 268 valence electrons. The van der Waals surface area contributed by atoms with Crippen LogP contribution in [0.15, 0.2) is 196 Å². The Hall–Kier alpha value is -7.41. The van der Waals surface area contributed by atoms with Gasteiger partial charge in [-0.15, -0.1) is 11.3 Å². The lowest BCUT2D eigenvalue weighted by atomic mass is 10.0. The second-order valence-electron chi connectivity index (χ2n) is 14.2. The van der Waals surface area contributed by atoms with Crippen molar-refractivity contribution in [3.63, 3.8) is 0 Å². The summed E-state index contributed by atoms with van der Waals surface area (Å²) in [7, 11) is 0. The number of nitrogens with one attached hydrogen (secondary N) is 1. The van der Waals surface area contributed by atoms with Crippen LogP contribution < -0.4 is 0 Å². The Morgan fingerprint density at radius 2 is 1.25 bits per heavy atom. The number of furan rings is 1. The first-order chi connectivity index (χ1) is 28.2. The van der Waals surface area contributed by atoms with Crippen LogP contribution in [0.5, 0.6) is 0 Å². The van der Waals surface area contributed by atoms with Crippen LogP contribution in [0.3, 0.4) is 0 Å². The Labute approximate surface area is 331 Å². The molecular formula is C51H32N4OS. The lowest BCUT2D eigenvalue weighted by molar-refractivity contribution is 0.673. The van der Waals surface area contributed by atoms with Crippen molar-refractivity contribution in [2.24, 2.45) is 9.98 Å². The van der Waals surface area contributed by atoms with Gasteiger partial charge < -0.3 is 8.98 Å². The number of fused-ring (bicyclic) bond motifs is 10. The summed E-state index contributed by atoms with van der Waals surface area (Å²) >= 11 is 1.76. The molecular weight excluding hydrogens is 717 g/mol. The Kier molecular flexibility index (Phi) is 7.76. The van der Waals surface area contributed by atoms with Crippen LogP contribution in [0.2, 0.25) is 0 Å². The Balaban J connectivity index is 0.993. The third kappa shape index (κ3) is 5.65. The number of hydrogen-bond donors (Lipinski definition) is 1. The van der Waals surface area contributed by atoms with Crippen molar-refractivity contribution >= 4 is 93.1 Å². The fourth-order valence-corrected chi connectivity index (χ4v) is 9.23. The molecule has 57 heavy (non-hydrogen) atoms. The molecule has 0 aliphatic heterocycles. The van der Waals surface area contributed by atoms with Crippen molar-refractivity contribution in [2.45, 2.75) is 0 Å². The molecule has 1 N–H and O–H groups in total. The van der Waals surface area contributed by atoms with Gasteiger partial charge in [-0.3, -0.25) is 5.41 Å². The van der Waals surface area contributed by atoms with Gasteiger partial charge in [0.15, 0.2) is 11.7 Å². The van der Waals surface area contributed by atoms with Gasteiger partial charge in [0.1, 0.15) is 11.2 Å². The molecule has 0 amide bonds. The highest BCUT2D eigenvalue weighted by atomic mass is 32.1. The zero-order valence-corrected chi connectivity index (χ0v) is 31.4. The van der Waals surface area contributed by atoms with Crippen molar-refractivity contribution in [3.05, 3.63) is 199 Å². The van der Waals surface area contributed by atoms with E-state index in [2.05, 4.69) is 114 Å².